The van der Waals surface area contributed by atoms with Gasteiger partial charge in [0.1, 0.15) is 5.82 Å². The minimum Gasteiger partial charge on any atom is -0.359 e. The highest BCUT2D eigenvalue weighted by Crippen LogP contribution is 2.65. The molecular formula is C25H24ClFN2. The lowest BCUT2D eigenvalue weighted by Crippen LogP contribution is -2.18. The second-order valence-electron chi connectivity index (χ2n) is 8.61. The summed E-state index contributed by atoms with van der Waals surface area (Å²) in [4.78, 5) is 4.40. The summed E-state index contributed by atoms with van der Waals surface area (Å²) in [7, 11) is 0. The Bertz CT molecular complexity index is 1070. The van der Waals surface area contributed by atoms with Gasteiger partial charge in [0.25, 0.3) is 0 Å². The predicted octanol–water partition coefficient (Wildman–Crippen LogP) is 7.32. The van der Waals surface area contributed by atoms with Crippen LogP contribution in [0.25, 0.3) is 10.9 Å². The van der Waals surface area contributed by atoms with Crippen molar-refractivity contribution in [3.63, 3.8) is 0 Å². The average molecular weight is 407 g/mol. The Balaban J connectivity index is 1.26. The van der Waals surface area contributed by atoms with Gasteiger partial charge in [0.05, 0.1) is 5.52 Å². The summed E-state index contributed by atoms with van der Waals surface area (Å²) < 4.78 is 13.8. The Morgan fingerprint density at radius 3 is 2.62 bits per heavy atom. The summed E-state index contributed by atoms with van der Waals surface area (Å²) in [6.07, 6.45) is 7.74. The molecule has 1 spiro atoms. The molecule has 1 atom stereocenters. The van der Waals surface area contributed by atoms with Gasteiger partial charge in [-0.1, -0.05) is 18.2 Å². The second kappa shape index (κ2) is 7.14. The number of hydrogen-bond acceptors (Lipinski definition) is 2. The van der Waals surface area contributed by atoms with Gasteiger partial charge in [-0.05, 0) is 97.5 Å². The second-order valence-corrected chi connectivity index (χ2v) is 9.05. The lowest BCUT2D eigenvalue weighted by molar-refractivity contribution is 0.290. The predicted molar refractivity (Wildman–Crippen MR) is 118 cm³/mol. The van der Waals surface area contributed by atoms with Crippen LogP contribution < -0.4 is 5.32 Å². The number of pyridine rings is 1. The van der Waals surface area contributed by atoms with Crippen LogP contribution in [-0.2, 0) is 0 Å². The van der Waals surface area contributed by atoms with E-state index >= 15 is 0 Å². The molecule has 1 heterocycles. The number of fused-ring (bicyclic) bond motifs is 1. The van der Waals surface area contributed by atoms with Gasteiger partial charge in [-0.25, -0.2) is 4.39 Å². The number of halogens is 2. The van der Waals surface area contributed by atoms with Crippen LogP contribution in [0.3, 0.4) is 0 Å². The maximum Gasteiger partial charge on any atom is 0.123 e. The van der Waals surface area contributed by atoms with E-state index in [1.165, 1.54) is 30.9 Å². The number of aromatic nitrogens is 1. The van der Waals surface area contributed by atoms with Crippen molar-refractivity contribution in [2.75, 3.05) is 5.32 Å². The molecule has 0 bridgehead atoms. The Morgan fingerprint density at radius 1 is 1.10 bits per heavy atom. The van der Waals surface area contributed by atoms with Gasteiger partial charge >= 0.3 is 0 Å². The Morgan fingerprint density at radius 2 is 1.86 bits per heavy atom. The first kappa shape index (κ1) is 18.6. The lowest BCUT2D eigenvalue weighted by Gasteiger charge is -2.31. The molecule has 2 aromatic carbocycles. The molecule has 0 amide bonds. The Hall–Kier alpha value is -2.39. The zero-order valence-electron chi connectivity index (χ0n) is 16.3. The van der Waals surface area contributed by atoms with Gasteiger partial charge in [0, 0.05) is 33.9 Å². The smallest absolute Gasteiger partial charge is 0.123 e. The topological polar surface area (TPSA) is 24.9 Å². The maximum atomic E-state index is 13.8. The molecule has 0 saturated heterocycles. The van der Waals surface area contributed by atoms with Crippen molar-refractivity contribution in [2.24, 2.45) is 11.3 Å². The molecule has 29 heavy (non-hydrogen) atoms. The number of nitrogens with zero attached hydrogens (tertiary/aromatic N) is 1. The van der Waals surface area contributed by atoms with Crippen LogP contribution in [0, 0.1) is 17.2 Å². The van der Waals surface area contributed by atoms with Gasteiger partial charge in [-0.3, -0.25) is 4.98 Å². The van der Waals surface area contributed by atoms with Crippen LogP contribution in [0.5, 0.6) is 0 Å². The van der Waals surface area contributed by atoms with Crippen molar-refractivity contribution in [2.45, 2.75) is 38.0 Å². The fourth-order valence-corrected chi connectivity index (χ4v) is 5.32. The molecule has 4 heteroatoms. The number of rotatable bonds is 4. The minimum atomic E-state index is -0.189. The van der Waals surface area contributed by atoms with Crippen molar-refractivity contribution in [1.29, 1.82) is 0 Å². The molecule has 0 aliphatic heterocycles. The molecular weight excluding hydrogens is 383 g/mol. The summed E-state index contributed by atoms with van der Waals surface area (Å²) in [5.41, 5.74) is 4.68. The third-order valence-corrected chi connectivity index (χ3v) is 7.17. The van der Waals surface area contributed by atoms with E-state index in [-0.39, 0.29) is 5.82 Å². The Labute approximate surface area is 175 Å². The number of benzene rings is 2. The molecule has 5 rings (SSSR count). The number of hydrogen-bond donors (Lipinski definition) is 1. The molecule has 2 aliphatic rings. The van der Waals surface area contributed by atoms with Gasteiger partial charge in [0.15, 0.2) is 0 Å². The Kier molecular flexibility index (Phi) is 4.59. The molecule has 2 aliphatic carbocycles. The van der Waals surface area contributed by atoms with Gasteiger partial charge in [-0.15, -0.1) is 0 Å². The molecule has 2 saturated carbocycles. The zero-order valence-corrected chi connectivity index (χ0v) is 17.1. The monoisotopic (exact) mass is 406 g/mol. The summed E-state index contributed by atoms with van der Waals surface area (Å²) in [6, 6.07) is 14.8. The first-order chi connectivity index (χ1) is 14.0. The summed E-state index contributed by atoms with van der Waals surface area (Å²) in [5, 5.41) is 5.18. The third kappa shape index (κ3) is 3.53. The fourth-order valence-electron chi connectivity index (χ4n) is 5.20. The molecule has 1 aromatic heterocycles. The quantitative estimate of drug-likeness (QED) is 0.491. The highest BCUT2D eigenvalue weighted by molar-refractivity contribution is 6.30. The molecule has 2 fully saturated rings. The molecule has 2 nitrogen and oxygen atoms in total. The normalized spacial score (nSPS) is 25.9. The standard InChI is InChI=1S/C25H24ClFN2/c1-16(29-20-5-2-18(26)3-6-20)23-15-25(23)11-8-17(9-12-25)21-10-13-28-24-7-4-19(27)14-22(21)24/h2-7,10,13-14,17,23,29H,1,8-9,11-12,15H2. The van der Waals surface area contributed by atoms with E-state index in [9.17, 15) is 4.39 Å². The fraction of sp³-hybridized carbons (Fsp3) is 0.320. The van der Waals surface area contributed by atoms with Crippen molar-refractivity contribution < 1.29 is 4.39 Å². The van der Waals surface area contributed by atoms with Crippen LogP contribution in [0.4, 0.5) is 10.1 Å². The first-order valence-corrected chi connectivity index (χ1v) is 10.7. The van der Waals surface area contributed by atoms with E-state index in [1.54, 1.807) is 12.1 Å². The zero-order chi connectivity index (χ0) is 20.0. The van der Waals surface area contributed by atoms with E-state index in [4.69, 9.17) is 11.6 Å². The van der Waals surface area contributed by atoms with Crippen LogP contribution in [0.1, 0.15) is 43.6 Å². The minimum absolute atomic E-state index is 0.189. The molecule has 148 valence electrons. The van der Waals surface area contributed by atoms with Gasteiger partial charge < -0.3 is 5.32 Å². The number of allylic oxidation sites excluding steroid dienone is 1. The number of anilines is 1. The molecule has 0 radical (unpaired) electrons. The summed E-state index contributed by atoms with van der Waals surface area (Å²) in [5.74, 6) is 0.822. The van der Waals surface area contributed by atoms with E-state index in [1.807, 2.05) is 30.5 Å². The van der Waals surface area contributed by atoms with Crippen molar-refractivity contribution in [3.8, 4) is 0 Å². The van der Waals surface area contributed by atoms with Gasteiger partial charge in [0.2, 0.25) is 0 Å². The summed E-state index contributed by atoms with van der Waals surface area (Å²) in [6.45, 7) is 4.32. The van der Waals surface area contributed by atoms with Crippen LogP contribution >= 0.6 is 11.6 Å². The van der Waals surface area contributed by atoms with Crippen molar-refractivity contribution >= 4 is 28.2 Å². The van der Waals surface area contributed by atoms with E-state index in [0.717, 1.165) is 40.2 Å². The highest BCUT2D eigenvalue weighted by atomic mass is 35.5. The van der Waals surface area contributed by atoms with Crippen LogP contribution in [0.15, 0.2) is 67.0 Å². The molecule has 1 N–H and O–H groups in total. The first-order valence-electron chi connectivity index (χ1n) is 10.3. The van der Waals surface area contributed by atoms with Crippen molar-refractivity contribution in [1.82, 2.24) is 4.98 Å². The van der Waals surface area contributed by atoms with Crippen LogP contribution in [0.2, 0.25) is 5.02 Å². The van der Waals surface area contributed by atoms with E-state index < -0.39 is 0 Å². The third-order valence-electron chi connectivity index (χ3n) is 6.92. The van der Waals surface area contributed by atoms with Gasteiger partial charge in [-0.2, -0.15) is 0 Å². The van der Waals surface area contributed by atoms with E-state index in [0.29, 0.717) is 17.3 Å². The number of nitrogens with one attached hydrogen (secondary N) is 1. The SMILES string of the molecule is C=C(Nc1ccc(Cl)cc1)C1CC12CCC(c1ccnc3ccc(F)cc13)CC2. The van der Waals surface area contributed by atoms with Crippen LogP contribution in [-0.4, -0.2) is 4.98 Å². The lowest BCUT2D eigenvalue weighted by atomic mass is 9.75. The largest absolute Gasteiger partial charge is 0.359 e. The van der Waals surface area contributed by atoms with Crippen molar-refractivity contribution in [3.05, 3.63) is 83.4 Å². The molecule has 1 unspecified atom stereocenters. The molecule has 3 aromatic rings. The summed E-state index contributed by atoms with van der Waals surface area (Å²) >= 11 is 5.97. The van der Waals surface area contributed by atoms with E-state index in [2.05, 4.69) is 22.9 Å². The maximum absolute atomic E-state index is 13.8. The highest BCUT2D eigenvalue weighted by Gasteiger charge is 2.56. The average Bonchev–Trinajstić information content (AvgIpc) is 3.43.